The highest BCUT2D eigenvalue weighted by Crippen LogP contribution is 2.23. The van der Waals surface area contributed by atoms with Crippen molar-refractivity contribution in [2.24, 2.45) is 12.0 Å². The minimum absolute atomic E-state index is 0. The molecule has 1 aliphatic rings. The lowest BCUT2D eigenvalue weighted by atomic mass is 10.2. The highest BCUT2D eigenvalue weighted by molar-refractivity contribution is 14.0. The molecular weight excluding hydrogens is 431 g/mol. The molecule has 0 spiro atoms. The van der Waals surface area contributed by atoms with E-state index in [9.17, 15) is 8.42 Å². The Morgan fingerprint density at radius 2 is 2.04 bits per heavy atom. The minimum Gasteiger partial charge on any atom is -0.349 e. The van der Waals surface area contributed by atoms with Gasteiger partial charge in [-0.25, -0.2) is 8.42 Å². The molecule has 0 bridgehead atoms. The fourth-order valence-corrected chi connectivity index (χ4v) is 3.79. The van der Waals surface area contributed by atoms with Gasteiger partial charge in [-0.15, -0.1) is 34.2 Å². The first-order valence-corrected chi connectivity index (χ1v) is 8.86. The quantitative estimate of drug-likeness (QED) is 0.392. The van der Waals surface area contributed by atoms with Crippen LogP contribution in [0.2, 0.25) is 0 Å². The van der Waals surface area contributed by atoms with Gasteiger partial charge in [-0.05, 0) is 20.8 Å². The molecule has 1 aromatic heterocycles. The fourth-order valence-electron chi connectivity index (χ4n) is 2.42. The second-order valence-electron chi connectivity index (χ2n) is 6.12. The van der Waals surface area contributed by atoms with Crippen molar-refractivity contribution in [2.45, 2.75) is 32.1 Å². The van der Waals surface area contributed by atoms with E-state index in [0.717, 1.165) is 11.6 Å². The van der Waals surface area contributed by atoms with Crippen molar-refractivity contribution in [3.8, 4) is 0 Å². The van der Waals surface area contributed by atoms with E-state index in [1.54, 1.807) is 20.9 Å². The molecule has 132 valence electrons. The van der Waals surface area contributed by atoms with Gasteiger partial charge in [-0.1, -0.05) is 0 Å². The van der Waals surface area contributed by atoms with Crippen LogP contribution in [-0.2, 0) is 23.4 Å². The molecule has 8 nitrogen and oxygen atoms in total. The van der Waals surface area contributed by atoms with Crippen molar-refractivity contribution < 1.29 is 8.42 Å². The zero-order valence-electron chi connectivity index (χ0n) is 14.2. The van der Waals surface area contributed by atoms with E-state index in [0.29, 0.717) is 25.6 Å². The van der Waals surface area contributed by atoms with Crippen LogP contribution in [0.25, 0.3) is 0 Å². The Bertz CT molecular complexity index is 683. The van der Waals surface area contributed by atoms with E-state index >= 15 is 0 Å². The first kappa shape index (κ1) is 20.1. The van der Waals surface area contributed by atoms with Crippen LogP contribution in [0.15, 0.2) is 4.99 Å². The highest BCUT2D eigenvalue weighted by atomic mass is 127. The summed E-state index contributed by atoms with van der Waals surface area (Å²) < 4.78 is 25.3. The third kappa shape index (κ3) is 4.14. The molecule has 0 aliphatic carbocycles. The largest absolute Gasteiger partial charge is 0.349 e. The number of halogens is 1. The summed E-state index contributed by atoms with van der Waals surface area (Å²) in [5, 5.41) is 11.3. The predicted molar refractivity (Wildman–Crippen MR) is 101 cm³/mol. The molecule has 0 aromatic carbocycles. The fraction of sp³-hybridized carbons (Fsp3) is 0.769. The maximum Gasteiger partial charge on any atom is 0.194 e. The number of rotatable bonds is 2. The van der Waals surface area contributed by atoms with Crippen LogP contribution in [0.4, 0.5) is 0 Å². The Morgan fingerprint density at radius 1 is 1.39 bits per heavy atom. The highest BCUT2D eigenvalue weighted by Gasteiger charge is 2.40. The Hall–Kier alpha value is -0.910. The molecule has 1 N–H and O–H groups in total. The molecule has 23 heavy (non-hydrogen) atoms. The first-order valence-electron chi connectivity index (χ1n) is 7.21. The lowest BCUT2D eigenvalue weighted by Crippen LogP contribution is -2.57. The molecule has 2 rings (SSSR count). The second kappa shape index (κ2) is 7.32. The number of aliphatic imine (C=N–C) groups is 1. The molecule has 10 heteroatoms. The van der Waals surface area contributed by atoms with Gasteiger partial charge in [0, 0.05) is 27.2 Å². The van der Waals surface area contributed by atoms with Crippen molar-refractivity contribution in [2.75, 3.05) is 25.9 Å². The molecule has 0 unspecified atom stereocenters. The molecule has 0 saturated carbocycles. The van der Waals surface area contributed by atoms with Gasteiger partial charge < -0.3 is 14.8 Å². The minimum atomic E-state index is -3.06. The third-order valence-corrected chi connectivity index (χ3v) is 6.68. The van der Waals surface area contributed by atoms with Crippen molar-refractivity contribution >= 4 is 39.8 Å². The zero-order chi connectivity index (χ0) is 16.5. The Kier molecular flexibility index (Phi) is 6.41. The monoisotopic (exact) mass is 456 g/mol. The first-order chi connectivity index (χ1) is 10.2. The predicted octanol–water partition coefficient (Wildman–Crippen LogP) is 0.326. The summed E-state index contributed by atoms with van der Waals surface area (Å²) in [4.78, 5) is 6.23. The van der Waals surface area contributed by atoms with Crippen LogP contribution < -0.4 is 5.32 Å². The van der Waals surface area contributed by atoms with Crippen molar-refractivity contribution in [1.82, 2.24) is 25.0 Å². The van der Waals surface area contributed by atoms with Crippen molar-refractivity contribution in [3.05, 3.63) is 11.6 Å². The molecule has 1 aliphatic heterocycles. The summed E-state index contributed by atoms with van der Waals surface area (Å²) >= 11 is 0. The van der Waals surface area contributed by atoms with Crippen LogP contribution in [0.3, 0.4) is 0 Å². The van der Waals surface area contributed by atoms with Crippen LogP contribution >= 0.6 is 24.0 Å². The van der Waals surface area contributed by atoms with E-state index in [-0.39, 0.29) is 29.7 Å². The van der Waals surface area contributed by atoms with Crippen LogP contribution in [0, 0.1) is 6.92 Å². The molecule has 1 aromatic rings. The van der Waals surface area contributed by atoms with Gasteiger partial charge in [0.1, 0.15) is 5.82 Å². The van der Waals surface area contributed by atoms with Gasteiger partial charge in [-0.3, -0.25) is 4.99 Å². The standard InChI is InChI=1S/C13H24N6O2S.HI/c1-10-16-17-11(18(10)5)8-15-12(14-4)19-6-7-22(20,21)13(2,3)9-19;/h6-9H2,1-5H3,(H,14,15);1H. The van der Waals surface area contributed by atoms with Crippen LogP contribution in [-0.4, -0.2) is 64.7 Å². The number of nitrogens with zero attached hydrogens (tertiary/aromatic N) is 5. The molecule has 0 amide bonds. The topological polar surface area (TPSA) is 92.5 Å². The van der Waals surface area contributed by atoms with E-state index in [4.69, 9.17) is 0 Å². The normalized spacial score (nSPS) is 20.0. The van der Waals surface area contributed by atoms with Crippen LogP contribution in [0.1, 0.15) is 25.5 Å². The summed E-state index contributed by atoms with van der Waals surface area (Å²) in [6.07, 6.45) is 0. The third-order valence-electron chi connectivity index (χ3n) is 4.14. The lowest BCUT2D eigenvalue weighted by molar-refractivity contribution is 0.352. The number of aryl methyl sites for hydroxylation is 1. The summed E-state index contributed by atoms with van der Waals surface area (Å²) in [6, 6.07) is 0. The number of guanidine groups is 1. The molecule has 0 radical (unpaired) electrons. The number of hydrogen-bond donors (Lipinski definition) is 1. The zero-order valence-corrected chi connectivity index (χ0v) is 17.3. The van der Waals surface area contributed by atoms with Gasteiger partial charge in [0.05, 0.1) is 17.0 Å². The van der Waals surface area contributed by atoms with E-state index in [1.807, 2.05) is 23.4 Å². The molecular formula is C13H25IN6O2S. The number of nitrogens with one attached hydrogen (secondary N) is 1. The van der Waals surface area contributed by atoms with Gasteiger partial charge in [0.25, 0.3) is 0 Å². The summed E-state index contributed by atoms with van der Waals surface area (Å²) in [5.74, 6) is 2.48. The Balaban J connectivity index is 0.00000264. The number of aromatic nitrogens is 3. The number of hydrogen-bond acceptors (Lipinski definition) is 5. The van der Waals surface area contributed by atoms with Crippen molar-refractivity contribution in [1.29, 1.82) is 0 Å². The van der Waals surface area contributed by atoms with E-state index in [1.165, 1.54) is 0 Å². The van der Waals surface area contributed by atoms with Crippen molar-refractivity contribution in [3.63, 3.8) is 0 Å². The van der Waals surface area contributed by atoms with E-state index < -0.39 is 14.6 Å². The number of sulfone groups is 1. The van der Waals surface area contributed by atoms with Gasteiger partial charge in [0.2, 0.25) is 0 Å². The summed E-state index contributed by atoms with van der Waals surface area (Å²) in [6.45, 7) is 6.77. The Morgan fingerprint density at radius 3 is 2.52 bits per heavy atom. The smallest absolute Gasteiger partial charge is 0.194 e. The summed E-state index contributed by atoms with van der Waals surface area (Å²) in [5.41, 5.74) is 0. The Labute approximate surface area is 154 Å². The van der Waals surface area contributed by atoms with E-state index in [2.05, 4.69) is 20.5 Å². The maximum absolute atomic E-state index is 12.1. The molecule has 0 atom stereocenters. The average molecular weight is 456 g/mol. The lowest BCUT2D eigenvalue weighted by Gasteiger charge is -2.39. The van der Waals surface area contributed by atoms with Gasteiger partial charge in [0.15, 0.2) is 21.6 Å². The summed E-state index contributed by atoms with van der Waals surface area (Å²) in [7, 11) is 0.546. The SMILES string of the molecule is CN=C(NCc1nnc(C)n1C)N1CCS(=O)(=O)C(C)(C)C1.I. The second-order valence-corrected chi connectivity index (χ2v) is 8.87. The van der Waals surface area contributed by atoms with Crippen LogP contribution in [0.5, 0.6) is 0 Å². The molecule has 2 heterocycles. The van der Waals surface area contributed by atoms with Gasteiger partial charge in [-0.2, -0.15) is 0 Å². The maximum atomic E-state index is 12.1. The van der Waals surface area contributed by atoms with Gasteiger partial charge >= 0.3 is 0 Å². The molecule has 1 saturated heterocycles. The average Bonchev–Trinajstić information content (AvgIpc) is 2.75. The molecule has 1 fully saturated rings.